The molecule has 0 saturated heterocycles. The topological polar surface area (TPSA) is 30.2 Å². The van der Waals surface area contributed by atoms with Crippen LogP contribution in [0.4, 0.5) is 0 Å². The zero-order valence-corrected chi connectivity index (χ0v) is 9.96. The van der Waals surface area contributed by atoms with Crippen molar-refractivity contribution in [1.29, 1.82) is 0 Å². The van der Waals surface area contributed by atoms with Gasteiger partial charge in [0.05, 0.1) is 6.20 Å². The number of rotatable bonds is 0. The highest BCUT2D eigenvalue weighted by molar-refractivity contribution is 5.44. The highest BCUT2D eigenvalue weighted by Crippen LogP contribution is 2.03. The predicted molar refractivity (Wildman–Crippen MR) is 70.1 cm³/mol. The largest absolute Gasteiger partial charge is 0.223 e. The molecule has 0 unspecified atom stereocenters. The SMILES string of the molecule is Cc1cccc(C#Cc2ccn3nccc3n2)c1. The van der Waals surface area contributed by atoms with Crippen molar-refractivity contribution in [3.8, 4) is 11.8 Å². The molecule has 2 heterocycles. The summed E-state index contributed by atoms with van der Waals surface area (Å²) in [5.74, 6) is 6.18. The van der Waals surface area contributed by atoms with Crippen molar-refractivity contribution in [2.24, 2.45) is 0 Å². The van der Waals surface area contributed by atoms with E-state index in [1.807, 2.05) is 30.5 Å². The van der Waals surface area contributed by atoms with Crippen LogP contribution in [0.2, 0.25) is 0 Å². The summed E-state index contributed by atoms with van der Waals surface area (Å²) in [6.45, 7) is 2.06. The van der Waals surface area contributed by atoms with Gasteiger partial charge in [0.1, 0.15) is 5.69 Å². The quantitative estimate of drug-likeness (QED) is 0.558. The van der Waals surface area contributed by atoms with Crippen LogP contribution < -0.4 is 0 Å². The van der Waals surface area contributed by atoms with Gasteiger partial charge in [-0.25, -0.2) is 9.50 Å². The first kappa shape index (κ1) is 10.5. The molecule has 0 aliphatic rings. The maximum atomic E-state index is 4.40. The Kier molecular flexibility index (Phi) is 2.54. The van der Waals surface area contributed by atoms with Crippen molar-refractivity contribution in [3.05, 3.63) is 65.6 Å². The third kappa shape index (κ3) is 2.09. The van der Waals surface area contributed by atoms with Crippen molar-refractivity contribution in [2.45, 2.75) is 6.92 Å². The molecular formula is C15H11N3. The van der Waals surface area contributed by atoms with Crippen molar-refractivity contribution in [3.63, 3.8) is 0 Å². The smallest absolute Gasteiger partial charge is 0.156 e. The van der Waals surface area contributed by atoms with Crippen LogP contribution in [0.3, 0.4) is 0 Å². The molecule has 0 atom stereocenters. The van der Waals surface area contributed by atoms with E-state index in [4.69, 9.17) is 0 Å². The Labute approximate surface area is 105 Å². The summed E-state index contributed by atoms with van der Waals surface area (Å²) < 4.78 is 1.72. The van der Waals surface area contributed by atoms with Gasteiger partial charge in [-0.1, -0.05) is 18.1 Å². The number of hydrogen-bond acceptors (Lipinski definition) is 2. The molecule has 3 rings (SSSR count). The fourth-order valence-corrected chi connectivity index (χ4v) is 1.74. The molecule has 2 aromatic heterocycles. The summed E-state index contributed by atoms with van der Waals surface area (Å²) in [7, 11) is 0. The minimum atomic E-state index is 0.754. The molecule has 18 heavy (non-hydrogen) atoms. The van der Waals surface area contributed by atoms with E-state index in [1.165, 1.54) is 5.56 Å². The molecule has 0 saturated carbocycles. The lowest BCUT2D eigenvalue weighted by Crippen LogP contribution is -1.91. The molecule has 0 bridgehead atoms. The zero-order chi connectivity index (χ0) is 12.4. The van der Waals surface area contributed by atoms with Crippen LogP contribution in [0.5, 0.6) is 0 Å². The summed E-state index contributed by atoms with van der Waals surface area (Å²) in [5.41, 5.74) is 3.78. The van der Waals surface area contributed by atoms with E-state index in [1.54, 1.807) is 10.7 Å². The molecule has 1 aromatic carbocycles. The van der Waals surface area contributed by atoms with Crippen LogP contribution in [0.15, 0.2) is 48.8 Å². The van der Waals surface area contributed by atoms with Gasteiger partial charge in [-0.2, -0.15) is 5.10 Å². The maximum Gasteiger partial charge on any atom is 0.156 e. The van der Waals surface area contributed by atoms with Crippen LogP contribution in [-0.4, -0.2) is 14.6 Å². The van der Waals surface area contributed by atoms with E-state index in [0.717, 1.165) is 16.9 Å². The van der Waals surface area contributed by atoms with E-state index in [0.29, 0.717) is 0 Å². The monoisotopic (exact) mass is 233 g/mol. The number of nitrogens with zero attached hydrogens (tertiary/aromatic N) is 3. The third-order valence-electron chi connectivity index (χ3n) is 2.61. The number of hydrogen-bond donors (Lipinski definition) is 0. The summed E-state index contributed by atoms with van der Waals surface area (Å²) in [5, 5.41) is 4.10. The molecule has 3 heteroatoms. The van der Waals surface area contributed by atoms with E-state index in [9.17, 15) is 0 Å². The summed E-state index contributed by atoms with van der Waals surface area (Å²) in [6, 6.07) is 11.8. The third-order valence-corrected chi connectivity index (χ3v) is 2.61. The van der Waals surface area contributed by atoms with Crippen LogP contribution in [0.25, 0.3) is 5.65 Å². The average Bonchev–Trinajstić information content (AvgIpc) is 2.84. The first-order chi connectivity index (χ1) is 8.81. The highest BCUT2D eigenvalue weighted by Gasteiger charge is 1.95. The minimum Gasteiger partial charge on any atom is -0.223 e. The Balaban J connectivity index is 1.97. The predicted octanol–water partition coefficient (Wildman–Crippen LogP) is 2.44. The fraction of sp³-hybridized carbons (Fsp3) is 0.0667. The molecule has 3 aromatic rings. The first-order valence-electron chi connectivity index (χ1n) is 5.70. The maximum absolute atomic E-state index is 4.40. The molecular weight excluding hydrogens is 222 g/mol. The standard InChI is InChI=1S/C15H11N3/c1-12-3-2-4-13(11-12)5-6-14-8-10-18-15(17-14)7-9-16-18/h2-4,7-11H,1H3. The molecule has 0 radical (unpaired) electrons. The summed E-state index contributed by atoms with van der Waals surface area (Å²) in [6.07, 6.45) is 3.59. The molecule has 0 N–H and O–H groups in total. The van der Waals surface area contributed by atoms with Crippen molar-refractivity contribution >= 4 is 5.65 Å². The summed E-state index contributed by atoms with van der Waals surface area (Å²) in [4.78, 5) is 4.40. The minimum absolute atomic E-state index is 0.754. The molecule has 0 aliphatic carbocycles. The van der Waals surface area contributed by atoms with E-state index in [-0.39, 0.29) is 0 Å². The summed E-state index contributed by atoms with van der Waals surface area (Å²) >= 11 is 0. The van der Waals surface area contributed by atoms with Gasteiger partial charge >= 0.3 is 0 Å². The van der Waals surface area contributed by atoms with Crippen LogP contribution in [-0.2, 0) is 0 Å². The zero-order valence-electron chi connectivity index (χ0n) is 9.96. The molecule has 3 nitrogen and oxygen atoms in total. The van der Waals surface area contributed by atoms with Gasteiger partial charge in [0.2, 0.25) is 0 Å². The van der Waals surface area contributed by atoms with E-state index in [2.05, 4.69) is 41.0 Å². The molecule has 86 valence electrons. The lowest BCUT2D eigenvalue weighted by atomic mass is 10.1. The van der Waals surface area contributed by atoms with Crippen molar-refractivity contribution < 1.29 is 0 Å². The van der Waals surface area contributed by atoms with Gasteiger partial charge in [-0.15, -0.1) is 0 Å². The molecule has 0 aliphatic heterocycles. The number of benzene rings is 1. The lowest BCUT2D eigenvalue weighted by Gasteiger charge is -1.94. The van der Waals surface area contributed by atoms with Crippen LogP contribution >= 0.6 is 0 Å². The molecule has 0 spiro atoms. The van der Waals surface area contributed by atoms with Gasteiger partial charge in [-0.3, -0.25) is 0 Å². The van der Waals surface area contributed by atoms with Crippen LogP contribution in [0, 0.1) is 18.8 Å². The van der Waals surface area contributed by atoms with E-state index < -0.39 is 0 Å². The Hall–Kier alpha value is -2.60. The fourth-order valence-electron chi connectivity index (χ4n) is 1.74. The molecule has 0 fully saturated rings. The van der Waals surface area contributed by atoms with Crippen molar-refractivity contribution in [2.75, 3.05) is 0 Å². The highest BCUT2D eigenvalue weighted by atomic mass is 15.2. The van der Waals surface area contributed by atoms with Gasteiger partial charge in [0.15, 0.2) is 5.65 Å². The van der Waals surface area contributed by atoms with Crippen molar-refractivity contribution in [1.82, 2.24) is 14.6 Å². The second kappa shape index (κ2) is 4.34. The Morgan fingerprint density at radius 3 is 2.94 bits per heavy atom. The van der Waals surface area contributed by atoms with Gasteiger partial charge < -0.3 is 0 Å². The second-order valence-corrected chi connectivity index (χ2v) is 4.07. The second-order valence-electron chi connectivity index (χ2n) is 4.07. The number of aromatic nitrogens is 3. The Bertz CT molecular complexity index is 760. The van der Waals surface area contributed by atoms with Gasteiger partial charge in [0.25, 0.3) is 0 Å². The number of aryl methyl sites for hydroxylation is 1. The molecule has 0 amide bonds. The average molecular weight is 233 g/mol. The first-order valence-corrected chi connectivity index (χ1v) is 5.70. The lowest BCUT2D eigenvalue weighted by molar-refractivity contribution is 0.936. The Morgan fingerprint density at radius 2 is 2.06 bits per heavy atom. The number of fused-ring (bicyclic) bond motifs is 1. The van der Waals surface area contributed by atoms with Gasteiger partial charge in [0, 0.05) is 17.8 Å². The van der Waals surface area contributed by atoms with Gasteiger partial charge in [-0.05, 0) is 36.6 Å². The Morgan fingerprint density at radius 1 is 1.11 bits per heavy atom. The van der Waals surface area contributed by atoms with E-state index >= 15 is 0 Å². The van der Waals surface area contributed by atoms with Crippen LogP contribution in [0.1, 0.15) is 16.8 Å². The normalized spacial score (nSPS) is 10.1.